The number of fused-ring (bicyclic) bond motifs is 1. The lowest BCUT2D eigenvalue weighted by Gasteiger charge is -2.15. The second kappa shape index (κ2) is 5.77. The first-order chi connectivity index (χ1) is 9.47. The summed E-state index contributed by atoms with van der Waals surface area (Å²) < 4.78 is 1.99. The molecule has 0 saturated heterocycles. The van der Waals surface area contributed by atoms with Crippen molar-refractivity contribution in [3.05, 3.63) is 11.5 Å². The van der Waals surface area contributed by atoms with Gasteiger partial charge >= 0.3 is 0 Å². The Morgan fingerprint density at radius 2 is 1.85 bits per heavy atom. The quantitative estimate of drug-likeness (QED) is 0.907. The molecule has 20 heavy (non-hydrogen) atoms. The van der Waals surface area contributed by atoms with Crippen molar-refractivity contribution in [2.45, 2.75) is 66.5 Å². The monoisotopic (exact) mass is 275 g/mol. The molecule has 0 bridgehead atoms. The molecule has 0 aliphatic heterocycles. The maximum absolute atomic E-state index is 4.73. The van der Waals surface area contributed by atoms with Crippen molar-refractivity contribution < 1.29 is 0 Å². The summed E-state index contributed by atoms with van der Waals surface area (Å²) in [5.41, 5.74) is 2.96. The molecule has 0 unspecified atom stereocenters. The molecule has 2 heterocycles. The minimum Gasteiger partial charge on any atom is -0.366 e. The lowest BCUT2D eigenvalue weighted by molar-refractivity contribution is 0.673. The van der Waals surface area contributed by atoms with E-state index < -0.39 is 0 Å². The first-order valence-electron chi connectivity index (χ1n) is 7.49. The van der Waals surface area contributed by atoms with E-state index in [1.54, 1.807) is 0 Å². The summed E-state index contributed by atoms with van der Waals surface area (Å²) in [5, 5.41) is 8.08. The van der Waals surface area contributed by atoms with Crippen LogP contribution in [0, 0.1) is 6.92 Å². The van der Waals surface area contributed by atoms with Gasteiger partial charge in [0.05, 0.1) is 5.69 Å². The van der Waals surface area contributed by atoms with E-state index in [2.05, 4.69) is 45.0 Å². The van der Waals surface area contributed by atoms with Crippen molar-refractivity contribution in [1.29, 1.82) is 0 Å². The summed E-state index contributed by atoms with van der Waals surface area (Å²) in [4.78, 5) is 9.43. The molecular weight excluding hydrogens is 250 g/mol. The van der Waals surface area contributed by atoms with Gasteiger partial charge in [0, 0.05) is 18.5 Å². The third kappa shape index (κ3) is 2.62. The molecular formula is C15H25N5. The standard InChI is InChI=1S/C15H25N5/c1-7-10(5)16-15-13-12(11(6)19-20(13)8-2)17-14(18-15)9(3)4/h9-10H,7-8H2,1-6H3,(H,16,17,18)/t10-/m0/s1. The first-order valence-corrected chi connectivity index (χ1v) is 7.49. The van der Waals surface area contributed by atoms with Crippen molar-refractivity contribution in [2.24, 2.45) is 0 Å². The van der Waals surface area contributed by atoms with E-state index in [1.807, 2.05) is 11.6 Å². The summed E-state index contributed by atoms with van der Waals surface area (Å²) in [5.74, 6) is 2.10. The van der Waals surface area contributed by atoms with Crippen molar-refractivity contribution in [3.63, 3.8) is 0 Å². The van der Waals surface area contributed by atoms with Crippen LogP contribution in [0.1, 0.15) is 58.5 Å². The van der Waals surface area contributed by atoms with Crippen molar-refractivity contribution in [1.82, 2.24) is 19.7 Å². The highest BCUT2D eigenvalue weighted by Gasteiger charge is 2.18. The Labute approximate surface area is 120 Å². The minimum absolute atomic E-state index is 0.307. The Balaban J connectivity index is 2.66. The van der Waals surface area contributed by atoms with Crippen LogP contribution in [0.25, 0.3) is 11.0 Å². The van der Waals surface area contributed by atoms with Crippen molar-refractivity contribution in [3.8, 4) is 0 Å². The van der Waals surface area contributed by atoms with Gasteiger partial charge in [0.15, 0.2) is 5.82 Å². The van der Waals surface area contributed by atoms with Gasteiger partial charge in [0.2, 0.25) is 0 Å². The zero-order valence-corrected chi connectivity index (χ0v) is 13.4. The summed E-state index contributed by atoms with van der Waals surface area (Å²) in [6, 6.07) is 0.383. The second-order valence-electron chi connectivity index (χ2n) is 5.64. The Kier molecular flexibility index (Phi) is 4.26. The average Bonchev–Trinajstić information content (AvgIpc) is 2.75. The van der Waals surface area contributed by atoms with Gasteiger partial charge in [-0.15, -0.1) is 0 Å². The fraction of sp³-hybridized carbons (Fsp3) is 0.667. The lowest BCUT2D eigenvalue weighted by atomic mass is 10.2. The number of rotatable bonds is 5. The number of aromatic nitrogens is 4. The molecule has 2 aromatic rings. The predicted molar refractivity (Wildman–Crippen MR) is 83.2 cm³/mol. The van der Waals surface area contributed by atoms with Crippen LogP contribution in [-0.4, -0.2) is 25.8 Å². The molecule has 0 aliphatic carbocycles. The third-order valence-corrected chi connectivity index (χ3v) is 3.58. The van der Waals surface area contributed by atoms with Crippen molar-refractivity contribution >= 4 is 16.9 Å². The highest BCUT2D eigenvalue weighted by atomic mass is 15.3. The van der Waals surface area contributed by atoms with E-state index in [9.17, 15) is 0 Å². The van der Waals surface area contributed by atoms with Crippen LogP contribution in [0.15, 0.2) is 0 Å². The molecule has 110 valence electrons. The van der Waals surface area contributed by atoms with Gasteiger partial charge in [-0.3, -0.25) is 4.68 Å². The summed E-state index contributed by atoms with van der Waals surface area (Å²) >= 11 is 0. The molecule has 5 heteroatoms. The number of hydrogen-bond acceptors (Lipinski definition) is 4. The highest BCUT2D eigenvalue weighted by Crippen LogP contribution is 2.26. The van der Waals surface area contributed by atoms with E-state index >= 15 is 0 Å². The molecule has 0 saturated carbocycles. The van der Waals surface area contributed by atoms with Crippen LogP contribution in [0.3, 0.4) is 0 Å². The lowest BCUT2D eigenvalue weighted by Crippen LogP contribution is -2.17. The molecule has 0 amide bonds. The predicted octanol–water partition coefficient (Wildman–Crippen LogP) is 3.49. The number of anilines is 1. The summed E-state index contributed by atoms with van der Waals surface area (Å²) in [6.45, 7) is 13.5. The number of hydrogen-bond donors (Lipinski definition) is 1. The Hall–Kier alpha value is -1.65. The van der Waals surface area contributed by atoms with Crippen LogP contribution >= 0.6 is 0 Å². The van der Waals surface area contributed by atoms with Gasteiger partial charge in [-0.25, -0.2) is 9.97 Å². The largest absolute Gasteiger partial charge is 0.366 e. The smallest absolute Gasteiger partial charge is 0.156 e. The van der Waals surface area contributed by atoms with Crippen LogP contribution in [0.5, 0.6) is 0 Å². The van der Waals surface area contributed by atoms with Gasteiger partial charge in [-0.2, -0.15) is 5.10 Å². The van der Waals surface area contributed by atoms with Gasteiger partial charge in [-0.1, -0.05) is 20.8 Å². The number of aryl methyl sites for hydroxylation is 2. The second-order valence-corrected chi connectivity index (χ2v) is 5.64. The maximum Gasteiger partial charge on any atom is 0.156 e. The Morgan fingerprint density at radius 3 is 2.40 bits per heavy atom. The molecule has 2 aromatic heterocycles. The van der Waals surface area contributed by atoms with Crippen LogP contribution in [-0.2, 0) is 6.54 Å². The fourth-order valence-electron chi connectivity index (χ4n) is 2.17. The highest BCUT2D eigenvalue weighted by molar-refractivity contribution is 5.87. The van der Waals surface area contributed by atoms with E-state index in [4.69, 9.17) is 9.97 Å². The van der Waals surface area contributed by atoms with E-state index in [0.29, 0.717) is 12.0 Å². The normalized spacial score (nSPS) is 13.2. The van der Waals surface area contributed by atoms with E-state index in [-0.39, 0.29) is 0 Å². The Morgan fingerprint density at radius 1 is 1.15 bits per heavy atom. The first kappa shape index (κ1) is 14.8. The maximum atomic E-state index is 4.73. The third-order valence-electron chi connectivity index (χ3n) is 3.58. The van der Waals surface area contributed by atoms with Crippen molar-refractivity contribution in [2.75, 3.05) is 5.32 Å². The van der Waals surface area contributed by atoms with Crippen LogP contribution in [0.4, 0.5) is 5.82 Å². The van der Waals surface area contributed by atoms with Crippen LogP contribution < -0.4 is 5.32 Å². The van der Waals surface area contributed by atoms with Gasteiger partial charge in [-0.05, 0) is 27.2 Å². The molecule has 0 aromatic carbocycles. The molecule has 0 aliphatic rings. The minimum atomic E-state index is 0.307. The molecule has 5 nitrogen and oxygen atoms in total. The van der Waals surface area contributed by atoms with Gasteiger partial charge in [0.1, 0.15) is 16.9 Å². The van der Waals surface area contributed by atoms with E-state index in [0.717, 1.165) is 41.3 Å². The zero-order chi connectivity index (χ0) is 14.9. The molecule has 0 spiro atoms. The summed E-state index contributed by atoms with van der Waals surface area (Å²) in [7, 11) is 0. The molecule has 1 N–H and O–H groups in total. The van der Waals surface area contributed by atoms with E-state index in [1.165, 1.54) is 0 Å². The Bertz CT molecular complexity index is 600. The fourth-order valence-corrected chi connectivity index (χ4v) is 2.17. The topological polar surface area (TPSA) is 55.6 Å². The molecule has 2 rings (SSSR count). The molecule has 1 atom stereocenters. The zero-order valence-electron chi connectivity index (χ0n) is 13.4. The summed E-state index contributed by atoms with van der Waals surface area (Å²) in [6.07, 6.45) is 1.06. The van der Waals surface area contributed by atoms with Gasteiger partial charge in [0.25, 0.3) is 0 Å². The SMILES string of the molecule is CC[C@H](C)Nc1nc(C(C)C)nc2c(C)nn(CC)c12. The number of nitrogens with zero attached hydrogens (tertiary/aromatic N) is 4. The molecule has 0 fully saturated rings. The van der Waals surface area contributed by atoms with Crippen LogP contribution in [0.2, 0.25) is 0 Å². The van der Waals surface area contributed by atoms with Gasteiger partial charge < -0.3 is 5.32 Å². The average molecular weight is 275 g/mol. The number of nitrogens with one attached hydrogen (secondary N) is 1. The molecule has 0 radical (unpaired) electrons.